The Labute approximate surface area is 181 Å². The topological polar surface area (TPSA) is 123 Å². The number of anilines is 5. The van der Waals surface area contributed by atoms with Gasteiger partial charge in [-0.3, -0.25) is 0 Å². The molecule has 31 heavy (non-hydrogen) atoms. The number of rotatable bonds is 6. The SMILES string of the molecule is CCc1c(N)nc(Nc2c(C)cc(C=CC#N)cc2C)nc1Nc1ccc(C#N)cc1. The molecule has 0 bridgehead atoms. The van der Waals surface area contributed by atoms with Crippen LogP contribution in [0.1, 0.15) is 34.7 Å². The van der Waals surface area contributed by atoms with Crippen LogP contribution in [-0.2, 0) is 6.42 Å². The molecule has 1 heterocycles. The van der Waals surface area contributed by atoms with Crippen LogP contribution in [0.15, 0.2) is 42.5 Å². The van der Waals surface area contributed by atoms with E-state index in [4.69, 9.17) is 16.3 Å². The molecule has 7 heteroatoms. The standard InChI is InChI=1S/C24H23N7/c1-4-20-22(27)30-24(31-23(20)28-19-9-7-17(14-26)8-10-19)29-21-15(2)12-18(6-5-11-25)13-16(21)3/h5-10,12-13H,4H2,1-3H3,(H4,27,28,29,30,31). The van der Waals surface area contributed by atoms with Crippen LogP contribution in [0.2, 0.25) is 0 Å². The smallest absolute Gasteiger partial charge is 0.231 e. The van der Waals surface area contributed by atoms with E-state index in [0.29, 0.717) is 29.6 Å². The van der Waals surface area contributed by atoms with E-state index in [0.717, 1.165) is 33.6 Å². The second-order valence-electron chi connectivity index (χ2n) is 7.04. The molecule has 0 spiro atoms. The van der Waals surface area contributed by atoms with Gasteiger partial charge in [0.05, 0.1) is 17.7 Å². The van der Waals surface area contributed by atoms with Gasteiger partial charge in [0.25, 0.3) is 0 Å². The van der Waals surface area contributed by atoms with Crippen molar-refractivity contribution < 1.29 is 0 Å². The summed E-state index contributed by atoms with van der Waals surface area (Å²) in [5, 5.41) is 24.3. The van der Waals surface area contributed by atoms with Crippen molar-refractivity contribution in [3.8, 4) is 12.1 Å². The van der Waals surface area contributed by atoms with E-state index < -0.39 is 0 Å². The Morgan fingerprint density at radius 2 is 1.71 bits per heavy atom. The minimum atomic E-state index is 0.386. The van der Waals surface area contributed by atoms with Gasteiger partial charge in [0.15, 0.2) is 0 Å². The molecule has 0 aliphatic heterocycles. The summed E-state index contributed by atoms with van der Waals surface area (Å²) in [5.41, 5.74) is 12.3. The van der Waals surface area contributed by atoms with Gasteiger partial charge >= 0.3 is 0 Å². The van der Waals surface area contributed by atoms with Gasteiger partial charge in [0.1, 0.15) is 11.6 Å². The number of hydrogen-bond acceptors (Lipinski definition) is 7. The van der Waals surface area contributed by atoms with E-state index in [9.17, 15) is 0 Å². The molecular weight excluding hydrogens is 386 g/mol. The first-order chi connectivity index (χ1) is 14.9. The van der Waals surface area contributed by atoms with Crippen molar-refractivity contribution in [3.05, 3.63) is 70.3 Å². The van der Waals surface area contributed by atoms with E-state index in [1.54, 1.807) is 18.2 Å². The number of nitrogens with one attached hydrogen (secondary N) is 2. The van der Waals surface area contributed by atoms with Crippen molar-refractivity contribution >= 4 is 35.0 Å². The van der Waals surface area contributed by atoms with Gasteiger partial charge in [-0.25, -0.2) is 0 Å². The highest BCUT2D eigenvalue weighted by molar-refractivity contribution is 5.71. The summed E-state index contributed by atoms with van der Waals surface area (Å²) in [4.78, 5) is 9.09. The fourth-order valence-corrected chi connectivity index (χ4v) is 3.31. The van der Waals surface area contributed by atoms with E-state index in [1.165, 1.54) is 6.08 Å². The van der Waals surface area contributed by atoms with Gasteiger partial charge in [0, 0.05) is 23.0 Å². The second-order valence-corrected chi connectivity index (χ2v) is 7.04. The highest BCUT2D eigenvalue weighted by Gasteiger charge is 2.13. The first-order valence-electron chi connectivity index (χ1n) is 9.83. The van der Waals surface area contributed by atoms with Gasteiger partial charge < -0.3 is 16.4 Å². The maximum absolute atomic E-state index is 8.98. The quantitative estimate of drug-likeness (QED) is 0.482. The Morgan fingerprint density at radius 1 is 1.03 bits per heavy atom. The lowest BCUT2D eigenvalue weighted by atomic mass is 10.0. The fraction of sp³-hybridized carbons (Fsp3) is 0.167. The molecule has 3 rings (SSSR count). The third kappa shape index (κ3) is 4.98. The molecule has 0 amide bonds. The Balaban J connectivity index is 1.95. The fourth-order valence-electron chi connectivity index (χ4n) is 3.31. The number of aryl methyl sites for hydroxylation is 2. The Kier molecular flexibility index (Phi) is 6.49. The van der Waals surface area contributed by atoms with E-state index in [1.807, 2.05) is 51.1 Å². The minimum absolute atomic E-state index is 0.386. The van der Waals surface area contributed by atoms with Gasteiger partial charge in [0.2, 0.25) is 5.95 Å². The zero-order valence-electron chi connectivity index (χ0n) is 17.7. The number of benzene rings is 2. The second kappa shape index (κ2) is 9.43. The molecule has 0 atom stereocenters. The van der Waals surface area contributed by atoms with Crippen LogP contribution in [0.5, 0.6) is 0 Å². The van der Waals surface area contributed by atoms with Crippen LogP contribution in [0, 0.1) is 36.5 Å². The highest BCUT2D eigenvalue weighted by atomic mass is 15.2. The summed E-state index contributed by atoms with van der Waals surface area (Å²) in [7, 11) is 0. The zero-order chi connectivity index (χ0) is 22.4. The van der Waals surface area contributed by atoms with Crippen molar-refractivity contribution in [1.29, 1.82) is 10.5 Å². The van der Waals surface area contributed by atoms with Crippen molar-refractivity contribution in [2.45, 2.75) is 27.2 Å². The monoisotopic (exact) mass is 409 g/mol. The molecule has 7 nitrogen and oxygen atoms in total. The average molecular weight is 409 g/mol. The average Bonchev–Trinajstić information content (AvgIpc) is 2.75. The number of aromatic nitrogens is 2. The molecule has 3 aromatic rings. The largest absolute Gasteiger partial charge is 0.383 e. The van der Waals surface area contributed by atoms with Crippen LogP contribution in [-0.4, -0.2) is 9.97 Å². The lowest BCUT2D eigenvalue weighted by Crippen LogP contribution is -2.09. The van der Waals surface area contributed by atoms with Gasteiger partial charge in [-0.15, -0.1) is 0 Å². The first kappa shape index (κ1) is 21.4. The molecule has 154 valence electrons. The minimum Gasteiger partial charge on any atom is -0.383 e. The summed E-state index contributed by atoms with van der Waals surface area (Å²) in [6, 6.07) is 15.2. The molecule has 4 N–H and O–H groups in total. The maximum atomic E-state index is 8.98. The zero-order valence-corrected chi connectivity index (χ0v) is 17.7. The third-order valence-electron chi connectivity index (χ3n) is 4.81. The number of nitrogens with zero attached hydrogens (tertiary/aromatic N) is 4. The molecule has 0 saturated heterocycles. The summed E-state index contributed by atoms with van der Waals surface area (Å²) in [6.45, 7) is 5.96. The first-order valence-corrected chi connectivity index (χ1v) is 9.83. The molecule has 1 aromatic heterocycles. The lowest BCUT2D eigenvalue weighted by Gasteiger charge is -2.17. The van der Waals surface area contributed by atoms with Gasteiger partial charge in [-0.05, 0) is 79.4 Å². The maximum Gasteiger partial charge on any atom is 0.231 e. The lowest BCUT2D eigenvalue weighted by molar-refractivity contribution is 1.06. The van der Waals surface area contributed by atoms with Crippen molar-refractivity contribution in [3.63, 3.8) is 0 Å². The van der Waals surface area contributed by atoms with Gasteiger partial charge in [-0.1, -0.05) is 6.92 Å². The summed E-state index contributed by atoms with van der Waals surface area (Å²) >= 11 is 0. The summed E-state index contributed by atoms with van der Waals surface area (Å²) in [6.07, 6.45) is 3.90. The molecular formula is C24H23N7. The Bertz CT molecular complexity index is 1190. The number of hydrogen-bond donors (Lipinski definition) is 3. The number of allylic oxidation sites excluding steroid dienone is 1. The molecule has 0 aliphatic carbocycles. The number of nitrogen functional groups attached to an aromatic ring is 1. The molecule has 0 unspecified atom stereocenters. The molecule has 0 radical (unpaired) electrons. The highest BCUT2D eigenvalue weighted by Crippen LogP contribution is 2.29. The summed E-state index contributed by atoms with van der Waals surface area (Å²) < 4.78 is 0. The van der Waals surface area contributed by atoms with Crippen LogP contribution >= 0.6 is 0 Å². The van der Waals surface area contributed by atoms with E-state index in [2.05, 4.69) is 26.7 Å². The van der Waals surface area contributed by atoms with Crippen LogP contribution < -0.4 is 16.4 Å². The molecule has 0 fully saturated rings. The molecule has 0 saturated carbocycles. The predicted octanol–water partition coefficient (Wildman–Crippen LogP) is 5.13. The third-order valence-corrected chi connectivity index (χ3v) is 4.81. The molecule has 0 aliphatic rings. The summed E-state index contributed by atoms with van der Waals surface area (Å²) in [5.74, 6) is 1.41. The van der Waals surface area contributed by atoms with Crippen molar-refractivity contribution in [2.24, 2.45) is 0 Å². The predicted molar refractivity (Wildman–Crippen MR) is 124 cm³/mol. The number of nitriles is 2. The van der Waals surface area contributed by atoms with Crippen molar-refractivity contribution in [2.75, 3.05) is 16.4 Å². The van der Waals surface area contributed by atoms with E-state index >= 15 is 0 Å². The van der Waals surface area contributed by atoms with Crippen LogP contribution in [0.4, 0.5) is 29.0 Å². The number of nitrogens with two attached hydrogens (primary N) is 1. The Morgan fingerprint density at radius 3 is 2.29 bits per heavy atom. The normalized spacial score (nSPS) is 10.5. The van der Waals surface area contributed by atoms with Crippen LogP contribution in [0.25, 0.3) is 6.08 Å². The van der Waals surface area contributed by atoms with E-state index in [-0.39, 0.29) is 0 Å². The van der Waals surface area contributed by atoms with Gasteiger partial charge in [-0.2, -0.15) is 20.5 Å². The van der Waals surface area contributed by atoms with Crippen molar-refractivity contribution in [1.82, 2.24) is 9.97 Å². The Hall–Kier alpha value is -4.36. The molecule has 2 aromatic carbocycles. The van der Waals surface area contributed by atoms with Crippen LogP contribution in [0.3, 0.4) is 0 Å².